The summed E-state index contributed by atoms with van der Waals surface area (Å²) in [5.41, 5.74) is 3.19. The van der Waals surface area contributed by atoms with Gasteiger partial charge in [-0.2, -0.15) is 13.5 Å². The highest BCUT2D eigenvalue weighted by molar-refractivity contribution is 7.85. The van der Waals surface area contributed by atoms with Gasteiger partial charge in [-0.3, -0.25) is 4.55 Å². The SMILES string of the molecule is O=S(=O)(O)c1ccc(N=Nc2ccccc2)c(N(c2ccccc2)c2cccc3ccccc23)c1. The van der Waals surface area contributed by atoms with Gasteiger partial charge < -0.3 is 4.90 Å². The molecule has 0 atom stereocenters. The van der Waals surface area contributed by atoms with Crippen molar-refractivity contribution in [1.82, 2.24) is 0 Å². The fourth-order valence-electron chi connectivity index (χ4n) is 3.92. The van der Waals surface area contributed by atoms with Crippen LogP contribution in [0, 0.1) is 0 Å². The van der Waals surface area contributed by atoms with Crippen LogP contribution < -0.4 is 4.90 Å². The van der Waals surface area contributed by atoms with E-state index >= 15 is 0 Å². The van der Waals surface area contributed by atoms with E-state index in [1.165, 1.54) is 12.1 Å². The molecule has 0 aliphatic carbocycles. The standard InChI is InChI=1S/C28H21N3O3S/c32-35(33,34)24-18-19-26(30-29-22-12-3-1-4-13-22)28(20-24)31(23-14-5-2-6-15-23)27-17-9-11-21-10-7-8-16-25(21)27/h1-20H,(H,32,33,34). The molecule has 5 aromatic rings. The lowest BCUT2D eigenvalue weighted by molar-refractivity contribution is 0.483. The maximum Gasteiger partial charge on any atom is 0.294 e. The van der Waals surface area contributed by atoms with Crippen molar-refractivity contribution in [3.05, 3.63) is 121 Å². The third kappa shape index (κ3) is 4.82. The summed E-state index contributed by atoms with van der Waals surface area (Å²) in [5.74, 6) is 0. The van der Waals surface area contributed by atoms with Crippen LogP contribution in [0.5, 0.6) is 0 Å². The number of anilines is 3. The lowest BCUT2D eigenvalue weighted by Crippen LogP contribution is -2.11. The second-order valence-corrected chi connectivity index (χ2v) is 9.25. The van der Waals surface area contributed by atoms with E-state index in [0.29, 0.717) is 17.1 Å². The maximum atomic E-state index is 12.1. The second-order valence-electron chi connectivity index (χ2n) is 7.83. The predicted octanol–water partition coefficient (Wildman–Crippen LogP) is 7.97. The number of hydrogen-bond donors (Lipinski definition) is 1. The molecule has 0 spiro atoms. The molecule has 0 aliphatic heterocycles. The molecule has 172 valence electrons. The van der Waals surface area contributed by atoms with E-state index in [9.17, 15) is 13.0 Å². The summed E-state index contributed by atoms with van der Waals surface area (Å²) in [6.45, 7) is 0. The van der Waals surface area contributed by atoms with E-state index in [0.717, 1.165) is 22.1 Å². The molecule has 0 bridgehead atoms. The fraction of sp³-hybridized carbons (Fsp3) is 0. The molecular weight excluding hydrogens is 458 g/mol. The van der Waals surface area contributed by atoms with Crippen LogP contribution in [0.2, 0.25) is 0 Å². The smallest absolute Gasteiger partial charge is 0.294 e. The van der Waals surface area contributed by atoms with Crippen molar-refractivity contribution in [3.63, 3.8) is 0 Å². The molecule has 35 heavy (non-hydrogen) atoms. The number of para-hydroxylation sites is 1. The van der Waals surface area contributed by atoms with Crippen molar-refractivity contribution in [2.24, 2.45) is 10.2 Å². The van der Waals surface area contributed by atoms with Crippen LogP contribution in [0.15, 0.2) is 136 Å². The van der Waals surface area contributed by atoms with Gasteiger partial charge in [0.1, 0.15) is 5.69 Å². The first-order valence-electron chi connectivity index (χ1n) is 10.9. The zero-order chi connectivity index (χ0) is 24.3. The summed E-state index contributed by atoms with van der Waals surface area (Å²) in [6.07, 6.45) is 0. The average Bonchev–Trinajstić information content (AvgIpc) is 2.89. The number of hydrogen-bond acceptors (Lipinski definition) is 5. The van der Waals surface area contributed by atoms with Gasteiger partial charge in [0.2, 0.25) is 0 Å². The molecule has 0 unspecified atom stereocenters. The molecule has 0 saturated carbocycles. The Balaban J connectivity index is 1.79. The minimum atomic E-state index is -4.45. The Morgan fingerprint density at radius 3 is 2.03 bits per heavy atom. The molecule has 0 fully saturated rings. The summed E-state index contributed by atoms with van der Waals surface area (Å²) in [7, 11) is -4.45. The summed E-state index contributed by atoms with van der Waals surface area (Å²) < 4.78 is 33.9. The largest absolute Gasteiger partial charge is 0.308 e. The van der Waals surface area contributed by atoms with Crippen LogP contribution in [0.4, 0.5) is 28.4 Å². The van der Waals surface area contributed by atoms with Gasteiger partial charge in [-0.05, 0) is 53.9 Å². The molecule has 0 heterocycles. The quantitative estimate of drug-likeness (QED) is 0.198. The van der Waals surface area contributed by atoms with E-state index in [-0.39, 0.29) is 4.90 Å². The Morgan fingerprint density at radius 1 is 0.629 bits per heavy atom. The van der Waals surface area contributed by atoms with E-state index in [1.54, 1.807) is 6.07 Å². The molecule has 0 saturated heterocycles. The molecule has 7 heteroatoms. The lowest BCUT2D eigenvalue weighted by atomic mass is 10.1. The van der Waals surface area contributed by atoms with Gasteiger partial charge in [0, 0.05) is 11.1 Å². The van der Waals surface area contributed by atoms with Crippen molar-refractivity contribution >= 4 is 49.3 Å². The van der Waals surface area contributed by atoms with E-state index in [1.807, 2.05) is 108 Å². The summed E-state index contributed by atoms with van der Waals surface area (Å²) >= 11 is 0. The van der Waals surface area contributed by atoms with Gasteiger partial charge in [0.15, 0.2) is 0 Å². The van der Waals surface area contributed by atoms with E-state index in [2.05, 4.69) is 10.2 Å². The Hall–Kier alpha value is -4.33. The third-order valence-electron chi connectivity index (χ3n) is 5.54. The van der Waals surface area contributed by atoms with Crippen LogP contribution in [0.3, 0.4) is 0 Å². The Morgan fingerprint density at radius 2 is 1.29 bits per heavy atom. The first-order valence-corrected chi connectivity index (χ1v) is 12.4. The third-order valence-corrected chi connectivity index (χ3v) is 6.39. The number of azo groups is 1. The normalized spacial score (nSPS) is 11.7. The van der Waals surface area contributed by atoms with Crippen LogP contribution in [0.1, 0.15) is 0 Å². The number of benzene rings is 5. The second kappa shape index (κ2) is 9.50. The Kier molecular flexibility index (Phi) is 6.10. The topological polar surface area (TPSA) is 82.3 Å². The van der Waals surface area contributed by atoms with E-state index in [4.69, 9.17) is 0 Å². The van der Waals surface area contributed by atoms with Crippen LogP contribution in [-0.2, 0) is 10.1 Å². The van der Waals surface area contributed by atoms with E-state index < -0.39 is 10.1 Å². The molecule has 5 aromatic carbocycles. The van der Waals surface area contributed by atoms with Crippen molar-refractivity contribution in [1.29, 1.82) is 0 Å². The zero-order valence-electron chi connectivity index (χ0n) is 18.6. The van der Waals surface area contributed by atoms with Gasteiger partial charge in [-0.25, -0.2) is 0 Å². The maximum absolute atomic E-state index is 12.1. The number of rotatable bonds is 6. The molecule has 6 nitrogen and oxygen atoms in total. The molecule has 0 amide bonds. The van der Waals surface area contributed by atoms with Crippen molar-refractivity contribution in [3.8, 4) is 0 Å². The van der Waals surface area contributed by atoms with Crippen LogP contribution in [0.25, 0.3) is 10.8 Å². The van der Waals surface area contributed by atoms with Gasteiger partial charge in [-0.1, -0.05) is 72.8 Å². The molecule has 5 rings (SSSR count). The first kappa shape index (κ1) is 22.5. The average molecular weight is 480 g/mol. The van der Waals surface area contributed by atoms with Crippen LogP contribution >= 0.6 is 0 Å². The summed E-state index contributed by atoms with van der Waals surface area (Å²) in [5, 5.41) is 10.8. The Labute approximate surface area is 203 Å². The van der Waals surface area contributed by atoms with Crippen molar-refractivity contribution in [2.45, 2.75) is 4.90 Å². The molecule has 0 aliphatic rings. The van der Waals surface area contributed by atoms with Gasteiger partial charge in [0.25, 0.3) is 10.1 Å². The number of fused-ring (bicyclic) bond motifs is 1. The van der Waals surface area contributed by atoms with Crippen LogP contribution in [-0.4, -0.2) is 13.0 Å². The fourth-order valence-corrected chi connectivity index (χ4v) is 4.42. The number of nitrogens with zero attached hydrogens (tertiary/aromatic N) is 3. The highest BCUT2D eigenvalue weighted by atomic mass is 32.2. The molecular formula is C28H21N3O3S. The Bertz CT molecular complexity index is 1610. The van der Waals surface area contributed by atoms with Gasteiger partial charge in [0.05, 0.1) is 22.0 Å². The lowest BCUT2D eigenvalue weighted by Gasteiger charge is -2.28. The highest BCUT2D eigenvalue weighted by Gasteiger charge is 2.21. The molecule has 1 N–H and O–H groups in total. The van der Waals surface area contributed by atoms with Gasteiger partial charge >= 0.3 is 0 Å². The predicted molar refractivity (Wildman–Crippen MR) is 139 cm³/mol. The molecule has 0 radical (unpaired) electrons. The van der Waals surface area contributed by atoms with Gasteiger partial charge in [-0.15, -0.1) is 5.11 Å². The van der Waals surface area contributed by atoms with Crippen molar-refractivity contribution in [2.75, 3.05) is 4.90 Å². The van der Waals surface area contributed by atoms with Crippen molar-refractivity contribution < 1.29 is 13.0 Å². The molecule has 0 aromatic heterocycles. The minimum absolute atomic E-state index is 0.229. The first-order chi connectivity index (χ1) is 17.0. The monoisotopic (exact) mass is 479 g/mol. The minimum Gasteiger partial charge on any atom is -0.308 e. The summed E-state index contributed by atoms with van der Waals surface area (Å²) in [4.78, 5) is 1.70. The zero-order valence-corrected chi connectivity index (χ0v) is 19.4. The highest BCUT2D eigenvalue weighted by Crippen LogP contribution is 2.44. The summed E-state index contributed by atoms with van der Waals surface area (Å²) in [6, 6.07) is 37.1.